The minimum absolute atomic E-state index is 0.269. The molecule has 5 rings (SSSR count). The van der Waals surface area contributed by atoms with Gasteiger partial charge in [0.05, 0.1) is 25.6 Å². The Labute approximate surface area is 185 Å². The van der Waals surface area contributed by atoms with Gasteiger partial charge < -0.3 is 23.7 Å². The number of methoxy groups -OCH3 is 1. The highest BCUT2D eigenvalue weighted by atomic mass is 16.8. The Morgan fingerprint density at radius 3 is 2.56 bits per heavy atom. The van der Waals surface area contributed by atoms with E-state index in [-0.39, 0.29) is 6.61 Å². The summed E-state index contributed by atoms with van der Waals surface area (Å²) in [5.41, 5.74) is -1.87. The first kappa shape index (κ1) is 21.3. The van der Waals surface area contributed by atoms with E-state index in [1.807, 2.05) is 0 Å². The number of ether oxygens (including phenoxy) is 5. The number of hydrogen-bond acceptors (Lipinski definition) is 9. The third-order valence-electron chi connectivity index (χ3n) is 7.40. The van der Waals surface area contributed by atoms with E-state index in [2.05, 4.69) is 0 Å². The topological polar surface area (TPSA) is 114 Å². The Morgan fingerprint density at radius 2 is 1.88 bits per heavy atom. The van der Waals surface area contributed by atoms with Crippen molar-refractivity contribution < 1.29 is 42.9 Å². The van der Waals surface area contributed by atoms with Crippen molar-refractivity contribution in [3.63, 3.8) is 0 Å². The standard InChI is InChI=1S/C23H26O9/c1-12(24)29-11-13-10-15-17(18-14(25)6-7-16(26)23(13,18)21(27)28-2)19-20(30-15)32-22(31-19)8-4-3-5-9-22/h6-7,10,13,17-20H,3-5,8-9,11H2,1-2H3/t13?,17?,18-,19-,20-,23+/m1/s1. The number of ketones is 2. The average molecular weight is 446 g/mol. The molecule has 3 aliphatic carbocycles. The van der Waals surface area contributed by atoms with Crippen molar-refractivity contribution in [3.8, 4) is 0 Å². The number of carbonyl (C=O) groups is 4. The highest BCUT2D eigenvalue weighted by Gasteiger charge is 2.71. The van der Waals surface area contributed by atoms with E-state index in [9.17, 15) is 19.2 Å². The molecule has 0 N–H and O–H groups in total. The van der Waals surface area contributed by atoms with Gasteiger partial charge in [-0.25, -0.2) is 0 Å². The lowest BCUT2D eigenvalue weighted by Crippen LogP contribution is -2.61. The molecule has 0 aromatic carbocycles. The molecule has 2 saturated heterocycles. The quantitative estimate of drug-likeness (QED) is 0.471. The van der Waals surface area contributed by atoms with E-state index in [0.717, 1.165) is 38.2 Å². The smallest absolute Gasteiger partial charge is 0.321 e. The number of esters is 2. The maximum atomic E-state index is 13.3. The molecule has 9 heteroatoms. The lowest BCUT2D eigenvalue weighted by molar-refractivity contribution is -0.228. The van der Waals surface area contributed by atoms with Crippen LogP contribution in [0.25, 0.3) is 0 Å². The third-order valence-corrected chi connectivity index (χ3v) is 7.40. The number of allylic oxidation sites excluding steroid dienone is 2. The van der Waals surface area contributed by atoms with Gasteiger partial charge in [0.1, 0.15) is 11.9 Å². The van der Waals surface area contributed by atoms with Crippen molar-refractivity contribution in [1.82, 2.24) is 0 Å². The van der Waals surface area contributed by atoms with Crippen LogP contribution in [-0.2, 0) is 42.9 Å². The molecule has 5 aliphatic rings. The van der Waals surface area contributed by atoms with Crippen molar-refractivity contribution in [2.24, 2.45) is 23.2 Å². The zero-order valence-corrected chi connectivity index (χ0v) is 18.0. The van der Waals surface area contributed by atoms with E-state index in [1.54, 1.807) is 6.08 Å². The Kier molecular flexibility index (Phi) is 5.01. The molecule has 0 aromatic rings. The van der Waals surface area contributed by atoms with Gasteiger partial charge in [0.25, 0.3) is 0 Å². The monoisotopic (exact) mass is 446 g/mol. The molecular formula is C23H26O9. The van der Waals surface area contributed by atoms with E-state index in [1.165, 1.54) is 20.1 Å². The second kappa shape index (κ2) is 7.52. The molecule has 0 bridgehead atoms. The van der Waals surface area contributed by atoms with Crippen LogP contribution in [0.3, 0.4) is 0 Å². The number of rotatable bonds is 3. The molecule has 9 nitrogen and oxygen atoms in total. The normalized spacial score (nSPS) is 38.9. The summed E-state index contributed by atoms with van der Waals surface area (Å²) in [5.74, 6) is -5.43. The molecular weight excluding hydrogens is 420 g/mol. The Balaban J connectivity index is 1.59. The molecule has 2 unspecified atom stereocenters. The van der Waals surface area contributed by atoms with E-state index < -0.39 is 64.9 Å². The van der Waals surface area contributed by atoms with Crippen LogP contribution in [0.5, 0.6) is 0 Å². The fourth-order valence-electron chi connectivity index (χ4n) is 6.06. The van der Waals surface area contributed by atoms with Gasteiger partial charge in [0, 0.05) is 25.7 Å². The van der Waals surface area contributed by atoms with Crippen LogP contribution >= 0.6 is 0 Å². The summed E-state index contributed by atoms with van der Waals surface area (Å²) in [6.45, 7) is 0.963. The molecule has 0 aromatic heterocycles. The second-order valence-corrected chi connectivity index (χ2v) is 9.10. The highest BCUT2D eigenvalue weighted by molar-refractivity contribution is 6.19. The Hall–Kier alpha value is -2.52. The minimum atomic E-state index is -1.87. The van der Waals surface area contributed by atoms with Crippen molar-refractivity contribution in [2.45, 2.75) is 57.2 Å². The minimum Gasteiger partial charge on any atom is -0.468 e. The predicted octanol–water partition coefficient (Wildman–Crippen LogP) is 1.60. The van der Waals surface area contributed by atoms with E-state index in [4.69, 9.17) is 23.7 Å². The van der Waals surface area contributed by atoms with Crippen molar-refractivity contribution >= 4 is 23.5 Å². The third kappa shape index (κ3) is 2.90. The van der Waals surface area contributed by atoms with Gasteiger partial charge >= 0.3 is 11.9 Å². The first-order valence-corrected chi connectivity index (χ1v) is 11.0. The van der Waals surface area contributed by atoms with Crippen molar-refractivity contribution in [1.29, 1.82) is 0 Å². The fraction of sp³-hybridized carbons (Fsp3) is 0.652. The Bertz CT molecular complexity index is 928. The summed E-state index contributed by atoms with van der Waals surface area (Å²) in [6.07, 6.45) is 7.02. The first-order chi connectivity index (χ1) is 15.3. The molecule has 6 atom stereocenters. The summed E-state index contributed by atoms with van der Waals surface area (Å²) in [4.78, 5) is 51.3. The van der Waals surface area contributed by atoms with Crippen LogP contribution in [0.4, 0.5) is 0 Å². The van der Waals surface area contributed by atoms with Crippen molar-refractivity contribution in [3.05, 3.63) is 24.0 Å². The lowest BCUT2D eigenvalue weighted by atomic mass is 9.53. The van der Waals surface area contributed by atoms with Gasteiger partial charge in [-0.05, 0) is 31.1 Å². The zero-order valence-electron chi connectivity index (χ0n) is 18.0. The zero-order chi connectivity index (χ0) is 22.7. The highest BCUT2D eigenvalue weighted by Crippen LogP contribution is 2.59. The largest absolute Gasteiger partial charge is 0.468 e. The van der Waals surface area contributed by atoms with Crippen molar-refractivity contribution in [2.75, 3.05) is 13.7 Å². The first-order valence-electron chi connectivity index (χ1n) is 11.0. The number of hydrogen-bond donors (Lipinski definition) is 0. The molecule has 172 valence electrons. The molecule has 1 spiro atoms. The second-order valence-electron chi connectivity index (χ2n) is 9.10. The summed E-state index contributed by atoms with van der Waals surface area (Å²) >= 11 is 0. The maximum Gasteiger partial charge on any atom is 0.321 e. The van der Waals surface area contributed by atoms with Crippen LogP contribution in [0, 0.1) is 23.2 Å². The van der Waals surface area contributed by atoms with Crippen LogP contribution in [0.2, 0.25) is 0 Å². The Morgan fingerprint density at radius 1 is 1.12 bits per heavy atom. The summed E-state index contributed by atoms with van der Waals surface area (Å²) in [5, 5.41) is 0. The van der Waals surface area contributed by atoms with Gasteiger partial charge in [-0.1, -0.05) is 6.42 Å². The molecule has 0 radical (unpaired) electrons. The predicted molar refractivity (Wildman–Crippen MR) is 105 cm³/mol. The number of fused-ring (bicyclic) bond motifs is 5. The van der Waals surface area contributed by atoms with E-state index in [0.29, 0.717) is 5.76 Å². The molecule has 2 aliphatic heterocycles. The number of carbonyl (C=O) groups excluding carboxylic acids is 4. The summed E-state index contributed by atoms with van der Waals surface area (Å²) < 4.78 is 28.9. The summed E-state index contributed by atoms with van der Waals surface area (Å²) in [7, 11) is 1.17. The van der Waals surface area contributed by atoms with Gasteiger partial charge in [-0.3, -0.25) is 19.2 Å². The SMILES string of the molecule is COC(=O)[C@@]12C(=O)C=CC(=O)[C@@H]1C1C(=CC2COC(C)=O)O[C@@H]2OC3(CCCCC3)O[C@H]12. The fourth-order valence-corrected chi connectivity index (χ4v) is 6.06. The van der Waals surface area contributed by atoms with Crippen LogP contribution in [0.1, 0.15) is 39.0 Å². The van der Waals surface area contributed by atoms with Gasteiger partial charge in [-0.2, -0.15) is 0 Å². The van der Waals surface area contributed by atoms with Crippen LogP contribution in [-0.4, -0.2) is 55.4 Å². The molecule has 32 heavy (non-hydrogen) atoms. The average Bonchev–Trinajstić information content (AvgIpc) is 3.27. The van der Waals surface area contributed by atoms with Crippen LogP contribution < -0.4 is 0 Å². The molecule has 3 fully saturated rings. The van der Waals surface area contributed by atoms with Gasteiger partial charge in [0.15, 0.2) is 22.8 Å². The molecule has 0 amide bonds. The van der Waals surface area contributed by atoms with E-state index >= 15 is 0 Å². The molecule has 1 saturated carbocycles. The lowest BCUT2D eigenvalue weighted by Gasteiger charge is -2.47. The van der Waals surface area contributed by atoms with Gasteiger partial charge in [0.2, 0.25) is 6.29 Å². The van der Waals surface area contributed by atoms with Crippen LogP contribution in [0.15, 0.2) is 24.0 Å². The summed E-state index contributed by atoms with van der Waals surface area (Å²) in [6, 6.07) is 0. The molecule has 2 heterocycles. The van der Waals surface area contributed by atoms with Gasteiger partial charge in [-0.15, -0.1) is 0 Å². The maximum absolute atomic E-state index is 13.3.